The summed E-state index contributed by atoms with van der Waals surface area (Å²) in [6.45, 7) is 0.752. The second kappa shape index (κ2) is 9.52. The number of rotatable bonds is 7. The van der Waals surface area contributed by atoms with Crippen molar-refractivity contribution in [3.63, 3.8) is 0 Å². The molecule has 0 aliphatic carbocycles. The fourth-order valence-electron chi connectivity index (χ4n) is 3.53. The number of carbonyl (C=O) groups excluding carboxylic acids is 2. The number of carbonyl (C=O) groups is 2. The summed E-state index contributed by atoms with van der Waals surface area (Å²) in [4.78, 5) is 26.4. The molecule has 170 valence electrons. The highest BCUT2D eigenvalue weighted by Crippen LogP contribution is 2.39. The lowest BCUT2D eigenvalue weighted by Gasteiger charge is -2.21. The Kier molecular flexibility index (Phi) is 6.35. The average Bonchev–Trinajstić information content (AvgIpc) is 2.87. The highest BCUT2D eigenvalue weighted by atomic mass is 16.6. The maximum atomic E-state index is 13.3. The number of ether oxygens (including phenoxy) is 5. The summed E-state index contributed by atoms with van der Waals surface area (Å²) in [5, 5.41) is 2.82. The van der Waals surface area contributed by atoms with Gasteiger partial charge >= 0.3 is 0 Å². The van der Waals surface area contributed by atoms with Gasteiger partial charge in [-0.1, -0.05) is 30.3 Å². The molecule has 0 saturated carbocycles. The molecular weight excluding hydrogens is 426 g/mol. The molecule has 1 aliphatic heterocycles. The first-order valence-electron chi connectivity index (χ1n) is 10.2. The Morgan fingerprint density at radius 2 is 1.39 bits per heavy atom. The summed E-state index contributed by atoms with van der Waals surface area (Å²) >= 11 is 0. The number of benzene rings is 3. The molecule has 8 nitrogen and oxygen atoms in total. The van der Waals surface area contributed by atoms with Crippen molar-refractivity contribution in [2.45, 2.75) is 0 Å². The topological polar surface area (TPSA) is 92.3 Å². The minimum atomic E-state index is -0.465. The van der Waals surface area contributed by atoms with Crippen molar-refractivity contribution >= 4 is 17.4 Å². The number of methoxy groups -OCH3 is 3. The molecule has 1 N–H and O–H groups in total. The Morgan fingerprint density at radius 3 is 1.97 bits per heavy atom. The van der Waals surface area contributed by atoms with Crippen LogP contribution in [-0.4, -0.2) is 46.2 Å². The summed E-state index contributed by atoms with van der Waals surface area (Å²) in [6.07, 6.45) is 0. The molecule has 33 heavy (non-hydrogen) atoms. The standard InChI is InChI=1S/C25H23NO7/c1-29-21-11-16(12-22(30-2)24(21)31-3)25(28)26-18-14-20-19(32-9-10-33-20)13-17(18)23(27)15-7-5-4-6-8-15/h4-8,11-14H,9-10H2,1-3H3,(H,26,28). The van der Waals surface area contributed by atoms with Gasteiger partial charge in [-0.3, -0.25) is 9.59 Å². The number of hydrogen-bond acceptors (Lipinski definition) is 7. The van der Waals surface area contributed by atoms with Gasteiger partial charge in [0.15, 0.2) is 28.8 Å². The predicted octanol–water partition coefficient (Wildman–Crippen LogP) is 3.97. The zero-order valence-corrected chi connectivity index (χ0v) is 18.5. The summed E-state index contributed by atoms with van der Waals surface area (Å²) in [5.74, 6) is 1.23. The van der Waals surface area contributed by atoms with Crippen molar-refractivity contribution in [2.75, 3.05) is 39.9 Å². The summed E-state index contributed by atoms with van der Waals surface area (Å²) in [5.41, 5.74) is 1.33. The van der Waals surface area contributed by atoms with E-state index in [2.05, 4.69) is 5.32 Å². The van der Waals surface area contributed by atoms with Crippen LogP contribution in [0.5, 0.6) is 28.7 Å². The summed E-state index contributed by atoms with van der Waals surface area (Å²) in [7, 11) is 4.42. The smallest absolute Gasteiger partial charge is 0.255 e. The fourth-order valence-corrected chi connectivity index (χ4v) is 3.53. The Labute approximate surface area is 191 Å². The highest BCUT2D eigenvalue weighted by molar-refractivity contribution is 6.16. The van der Waals surface area contributed by atoms with Gasteiger partial charge in [0.05, 0.1) is 32.6 Å². The van der Waals surface area contributed by atoms with Crippen molar-refractivity contribution in [3.8, 4) is 28.7 Å². The molecule has 0 saturated heterocycles. The van der Waals surface area contributed by atoms with Crippen LogP contribution in [0.1, 0.15) is 26.3 Å². The lowest BCUT2D eigenvalue weighted by atomic mass is 10.0. The number of hydrogen-bond donors (Lipinski definition) is 1. The number of fused-ring (bicyclic) bond motifs is 1. The van der Waals surface area contributed by atoms with Crippen LogP contribution in [0.15, 0.2) is 54.6 Å². The van der Waals surface area contributed by atoms with E-state index in [-0.39, 0.29) is 16.9 Å². The fraction of sp³-hybridized carbons (Fsp3) is 0.200. The second-order valence-electron chi connectivity index (χ2n) is 7.10. The molecule has 0 spiro atoms. The molecule has 0 bridgehead atoms. The van der Waals surface area contributed by atoms with Crippen molar-refractivity contribution < 1.29 is 33.3 Å². The van der Waals surface area contributed by atoms with Crippen LogP contribution in [0.25, 0.3) is 0 Å². The number of amides is 1. The molecule has 3 aromatic rings. The predicted molar refractivity (Wildman–Crippen MR) is 121 cm³/mol. The largest absolute Gasteiger partial charge is 0.493 e. The van der Waals surface area contributed by atoms with Gasteiger partial charge in [0.1, 0.15) is 13.2 Å². The molecule has 0 radical (unpaired) electrons. The van der Waals surface area contributed by atoms with E-state index in [1.807, 2.05) is 6.07 Å². The number of nitrogens with one attached hydrogen (secondary N) is 1. The third-order valence-corrected chi connectivity index (χ3v) is 5.14. The third kappa shape index (κ3) is 4.41. The van der Waals surface area contributed by atoms with Gasteiger partial charge in [-0.25, -0.2) is 0 Å². The zero-order valence-electron chi connectivity index (χ0n) is 18.5. The molecular formula is C25H23NO7. The van der Waals surface area contributed by atoms with Crippen LogP contribution < -0.4 is 29.0 Å². The molecule has 1 aliphatic rings. The molecule has 1 amide bonds. The first-order valence-corrected chi connectivity index (χ1v) is 10.2. The van der Waals surface area contributed by atoms with Crippen molar-refractivity contribution in [2.24, 2.45) is 0 Å². The lowest BCUT2D eigenvalue weighted by Crippen LogP contribution is -2.19. The normalized spacial score (nSPS) is 12.0. The van der Waals surface area contributed by atoms with Crippen LogP contribution in [0.4, 0.5) is 5.69 Å². The number of ketones is 1. The molecule has 0 atom stereocenters. The van der Waals surface area contributed by atoms with Crippen molar-refractivity contribution in [1.29, 1.82) is 0 Å². The van der Waals surface area contributed by atoms with E-state index in [0.717, 1.165) is 0 Å². The molecule has 0 aromatic heterocycles. The minimum absolute atomic E-state index is 0.257. The Bertz CT molecular complexity index is 1170. The van der Waals surface area contributed by atoms with Crippen LogP contribution in [0, 0.1) is 0 Å². The lowest BCUT2D eigenvalue weighted by molar-refractivity contribution is 0.102. The van der Waals surface area contributed by atoms with Gasteiger partial charge in [0.25, 0.3) is 5.91 Å². The molecule has 0 unspecified atom stereocenters. The Hall–Kier alpha value is -4.20. The van der Waals surface area contributed by atoms with Gasteiger partial charge in [0, 0.05) is 17.2 Å². The molecule has 4 rings (SSSR count). The van der Waals surface area contributed by atoms with Crippen molar-refractivity contribution in [3.05, 3.63) is 71.3 Å². The number of anilines is 1. The van der Waals surface area contributed by atoms with Gasteiger partial charge < -0.3 is 29.0 Å². The van der Waals surface area contributed by atoms with E-state index in [0.29, 0.717) is 53.2 Å². The monoisotopic (exact) mass is 449 g/mol. The first-order chi connectivity index (χ1) is 16.0. The van der Waals surface area contributed by atoms with Crippen LogP contribution in [-0.2, 0) is 0 Å². The zero-order chi connectivity index (χ0) is 23.4. The highest BCUT2D eigenvalue weighted by Gasteiger charge is 2.23. The van der Waals surface area contributed by atoms with Crippen LogP contribution in [0.3, 0.4) is 0 Å². The van der Waals surface area contributed by atoms with E-state index in [1.165, 1.54) is 33.5 Å². The maximum absolute atomic E-state index is 13.3. The van der Waals surface area contributed by atoms with E-state index >= 15 is 0 Å². The molecule has 1 heterocycles. The van der Waals surface area contributed by atoms with E-state index in [4.69, 9.17) is 23.7 Å². The van der Waals surface area contributed by atoms with E-state index in [9.17, 15) is 9.59 Å². The third-order valence-electron chi connectivity index (χ3n) is 5.14. The summed E-state index contributed by atoms with van der Waals surface area (Å²) in [6, 6.07) is 15.1. The Balaban J connectivity index is 1.74. The quantitative estimate of drug-likeness (QED) is 0.546. The van der Waals surface area contributed by atoms with Crippen LogP contribution in [0.2, 0.25) is 0 Å². The van der Waals surface area contributed by atoms with E-state index < -0.39 is 5.91 Å². The summed E-state index contributed by atoms with van der Waals surface area (Å²) < 4.78 is 27.3. The molecule has 8 heteroatoms. The van der Waals surface area contributed by atoms with E-state index in [1.54, 1.807) is 36.4 Å². The first kappa shape index (κ1) is 22.0. The maximum Gasteiger partial charge on any atom is 0.255 e. The minimum Gasteiger partial charge on any atom is -0.493 e. The second-order valence-corrected chi connectivity index (χ2v) is 7.10. The SMILES string of the molecule is COc1cc(C(=O)Nc2cc3c(cc2C(=O)c2ccccc2)OCCO3)cc(OC)c1OC. The van der Waals surface area contributed by atoms with Crippen molar-refractivity contribution in [1.82, 2.24) is 0 Å². The van der Waals surface area contributed by atoms with Gasteiger partial charge in [0.2, 0.25) is 5.75 Å². The molecule has 0 fully saturated rings. The van der Waals surface area contributed by atoms with Gasteiger partial charge in [-0.15, -0.1) is 0 Å². The van der Waals surface area contributed by atoms with Crippen LogP contribution >= 0.6 is 0 Å². The Morgan fingerprint density at radius 1 is 0.788 bits per heavy atom. The van der Waals surface area contributed by atoms with Gasteiger partial charge in [-0.2, -0.15) is 0 Å². The molecule has 3 aromatic carbocycles. The van der Waals surface area contributed by atoms with Gasteiger partial charge in [-0.05, 0) is 18.2 Å². The average molecular weight is 449 g/mol.